The van der Waals surface area contributed by atoms with Gasteiger partial charge in [0.25, 0.3) is 10.5 Å². The van der Waals surface area contributed by atoms with Gasteiger partial charge in [-0.05, 0) is 43.4 Å². The van der Waals surface area contributed by atoms with Crippen LogP contribution in [0.4, 0.5) is 5.69 Å². The van der Waals surface area contributed by atoms with Gasteiger partial charge in [-0.3, -0.25) is 14.7 Å². The monoisotopic (exact) mass is 404 g/mol. The summed E-state index contributed by atoms with van der Waals surface area (Å²) in [6.45, 7) is 3.78. The summed E-state index contributed by atoms with van der Waals surface area (Å²) in [5.41, 5.74) is 2.22. The van der Waals surface area contributed by atoms with Crippen LogP contribution in [0.1, 0.15) is 12.5 Å². The third-order valence-corrected chi connectivity index (χ3v) is 4.63. The first-order valence-electron chi connectivity index (χ1n) is 8.81. The fourth-order valence-electron chi connectivity index (χ4n) is 3.09. The number of benzene rings is 2. The van der Waals surface area contributed by atoms with Crippen LogP contribution in [0.15, 0.2) is 40.8 Å². The number of nitro groups is 1. The van der Waals surface area contributed by atoms with E-state index in [1.54, 1.807) is 13.2 Å². The van der Waals surface area contributed by atoms with E-state index in [-0.39, 0.29) is 5.69 Å². The average Bonchev–Trinajstić information content (AvgIpc) is 2.97. The molecule has 0 saturated heterocycles. The predicted molar refractivity (Wildman–Crippen MR) is 106 cm³/mol. The maximum absolute atomic E-state index is 10.9. The van der Waals surface area contributed by atoms with E-state index in [1.165, 1.54) is 12.1 Å². The summed E-state index contributed by atoms with van der Waals surface area (Å²) in [6.07, 6.45) is 0. The van der Waals surface area contributed by atoms with Gasteiger partial charge in [-0.2, -0.15) is 0 Å². The Hall–Kier alpha value is -2.91. The van der Waals surface area contributed by atoms with Crippen molar-refractivity contribution in [3.05, 3.63) is 56.9 Å². The van der Waals surface area contributed by atoms with Gasteiger partial charge in [-0.1, -0.05) is 0 Å². The van der Waals surface area contributed by atoms with Crippen molar-refractivity contribution in [3.63, 3.8) is 0 Å². The molecule has 0 aliphatic heterocycles. The molecule has 1 N–H and O–H groups in total. The molecule has 3 aromatic rings. The van der Waals surface area contributed by atoms with Gasteiger partial charge in [0.1, 0.15) is 6.54 Å². The molecule has 1 unspecified atom stereocenters. The second-order valence-electron chi connectivity index (χ2n) is 6.42. The van der Waals surface area contributed by atoms with E-state index in [9.17, 15) is 10.1 Å². The Labute approximate surface area is 167 Å². The molecule has 9 heteroatoms. The van der Waals surface area contributed by atoms with Gasteiger partial charge >= 0.3 is 0 Å². The molecule has 3 rings (SSSR count). The van der Waals surface area contributed by atoms with Crippen molar-refractivity contribution in [3.8, 4) is 11.5 Å². The maximum Gasteiger partial charge on any atom is 0.274 e. The number of aromatic nitrogens is 1. The van der Waals surface area contributed by atoms with E-state index in [4.69, 9.17) is 26.1 Å². The lowest BCUT2D eigenvalue weighted by Gasteiger charge is -2.16. The molecule has 0 amide bonds. The third-order valence-electron chi connectivity index (χ3n) is 4.32. The first-order chi connectivity index (χ1) is 13.4. The highest BCUT2D eigenvalue weighted by atomic mass is 32.1. The first-order valence-corrected chi connectivity index (χ1v) is 9.22. The molecular weight excluding hydrogens is 382 g/mol. The van der Waals surface area contributed by atoms with Crippen LogP contribution in [0.5, 0.6) is 11.5 Å². The fourth-order valence-corrected chi connectivity index (χ4v) is 3.34. The molecule has 1 aromatic heterocycles. The van der Waals surface area contributed by atoms with Crippen molar-refractivity contribution < 1.29 is 23.7 Å². The van der Waals surface area contributed by atoms with Crippen molar-refractivity contribution in [1.82, 2.24) is 4.57 Å². The smallest absolute Gasteiger partial charge is 0.274 e. The summed E-state index contributed by atoms with van der Waals surface area (Å²) in [4.78, 5) is 11.9. The SMILES string of the molecule is CCOc1ccc(C[NH+](C)Cn2c(=S)oc3cc([N+](=O)[O-])ccc32)cc1OC. The van der Waals surface area contributed by atoms with E-state index in [1.807, 2.05) is 36.7 Å². The normalized spacial score (nSPS) is 12.1. The van der Waals surface area contributed by atoms with Crippen molar-refractivity contribution in [2.45, 2.75) is 20.1 Å². The number of nitro benzene ring substituents is 1. The summed E-state index contributed by atoms with van der Waals surface area (Å²) in [5.74, 6) is 1.42. The van der Waals surface area contributed by atoms with E-state index >= 15 is 0 Å². The van der Waals surface area contributed by atoms with Crippen molar-refractivity contribution >= 4 is 29.0 Å². The Morgan fingerprint density at radius 2 is 2.04 bits per heavy atom. The molecule has 0 aliphatic carbocycles. The van der Waals surface area contributed by atoms with Crippen LogP contribution in [0, 0.1) is 15.0 Å². The number of methoxy groups -OCH3 is 1. The minimum atomic E-state index is -0.452. The molecule has 0 aliphatic rings. The molecule has 0 bridgehead atoms. The van der Waals surface area contributed by atoms with E-state index in [0.29, 0.717) is 29.4 Å². The van der Waals surface area contributed by atoms with Crippen LogP contribution in [0.3, 0.4) is 0 Å². The van der Waals surface area contributed by atoms with Crippen LogP contribution >= 0.6 is 12.2 Å². The number of non-ortho nitro benzene ring substituents is 1. The summed E-state index contributed by atoms with van der Waals surface area (Å²) >= 11 is 5.31. The second kappa shape index (κ2) is 8.41. The molecule has 28 heavy (non-hydrogen) atoms. The average molecular weight is 404 g/mol. The highest BCUT2D eigenvalue weighted by Crippen LogP contribution is 2.28. The zero-order valence-corrected chi connectivity index (χ0v) is 16.7. The van der Waals surface area contributed by atoms with Gasteiger partial charge in [-0.15, -0.1) is 0 Å². The molecule has 1 heterocycles. The van der Waals surface area contributed by atoms with Crippen molar-refractivity contribution in [1.29, 1.82) is 0 Å². The van der Waals surface area contributed by atoms with Gasteiger partial charge in [0.05, 0.1) is 37.3 Å². The zero-order chi connectivity index (χ0) is 20.3. The Kier molecular flexibility index (Phi) is 5.96. The minimum Gasteiger partial charge on any atom is -0.493 e. The predicted octanol–water partition coefficient (Wildman–Crippen LogP) is 2.95. The van der Waals surface area contributed by atoms with Gasteiger partial charge in [0, 0.05) is 11.6 Å². The summed E-state index contributed by atoms with van der Waals surface area (Å²) < 4.78 is 18.3. The molecular formula is C19H22N3O5S+. The number of ether oxygens (including phenoxy) is 2. The summed E-state index contributed by atoms with van der Waals surface area (Å²) in [5, 5.41) is 10.9. The van der Waals surface area contributed by atoms with Crippen molar-refractivity contribution in [2.24, 2.45) is 0 Å². The molecule has 1 atom stereocenters. The van der Waals surface area contributed by atoms with Gasteiger partial charge in [-0.25, -0.2) is 0 Å². The standard InChI is InChI=1S/C19H21N3O5S/c1-4-26-16-8-5-13(9-18(16)25-3)11-20(2)12-21-15-7-6-14(22(23)24)10-17(15)27-19(21)28/h5-10H,4,11-12H2,1-3H3/p+1. The van der Waals surface area contributed by atoms with Crippen LogP contribution in [-0.2, 0) is 13.2 Å². The number of nitrogens with zero attached hydrogens (tertiary/aromatic N) is 2. The Bertz CT molecular complexity index is 1060. The molecule has 0 saturated carbocycles. The highest BCUT2D eigenvalue weighted by Gasteiger charge is 2.16. The van der Waals surface area contributed by atoms with Crippen LogP contribution < -0.4 is 14.4 Å². The number of hydrogen-bond donors (Lipinski definition) is 1. The lowest BCUT2D eigenvalue weighted by atomic mass is 10.2. The maximum atomic E-state index is 10.9. The lowest BCUT2D eigenvalue weighted by molar-refractivity contribution is -0.916. The van der Waals surface area contributed by atoms with E-state index in [0.717, 1.165) is 28.3 Å². The Morgan fingerprint density at radius 1 is 1.25 bits per heavy atom. The van der Waals surface area contributed by atoms with E-state index < -0.39 is 4.92 Å². The number of fused-ring (bicyclic) bond motifs is 1. The number of hydrogen-bond acceptors (Lipinski definition) is 6. The van der Waals surface area contributed by atoms with Crippen molar-refractivity contribution in [2.75, 3.05) is 20.8 Å². The summed E-state index contributed by atoms with van der Waals surface area (Å²) in [7, 11) is 3.66. The molecule has 8 nitrogen and oxygen atoms in total. The number of nitrogens with one attached hydrogen (secondary N) is 1. The van der Waals surface area contributed by atoms with Crippen LogP contribution in [0.2, 0.25) is 0 Å². The zero-order valence-electron chi connectivity index (χ0n) is 15.9. The summed E-state index contributed by atoms with van der Waals surface area (Å²) in [6, 6.07) is 10.4. The molecule has 0 radical (unpaired) electrons. The van der Waals surface area contributed by atoms with Crippen LogP contribution in [0.25, 0.3) is 11.1 Å². The van der Waals surface area contributed by atoms with Crippen LogP contribution in [-0.4, -0.2) is 30.3 Å². The third kappa shape index (κ3) is 4.15. The molecule has 0 fully saturated rings. The Morgan fingerprint density at radius 3 is 2.71 bits per heavy atom. The first kappa shape index (κ1) is 19.8. The number of oxazole rings is 1. The highest BCUT2D eigenvalue weighted by molar-refractivity contribution is 7.71. The fraction of sp³-hybridized carbons (Fsp3) is 0.316. The van der Waals surface area contributed by atoms with Gasteiger partial charge < -0.3 is 18.8 Å². The lowest BCUT2D eigenvalue weighted by Crippen LogP contribution is -3.06. The molecule has 148 valence electrons. The Balaban J connectivity index is 1.80. The van der Waals surface area contributed by atoms with Gasteiger partial charge in [0.15, 0.2) is 23.8 Å². The molecule has 0 spiro atoms. The number of rotatable bonds is 8. The topological polar surface area (TPSA) is 84.1 Å². The van der Waals surface area contributed by atoms with E-state index in [2.05, 4.69) is 0 Å². The number of quaternary nitrogens is 1. The largest absolute Gasteiger partial charge is 0.493 e. The van der Waals surface area contributed by atoms with Gasteiger partial charge in [0.2, 0.25) is 0 Å². The minimum absolute atomic E-state index is 0.0226. The second-order valence-corrected chi connectivity index (χ2v) is 6.76. The molecule has 2 aromatic carbocycles. The quantitative estimate of drug-likeness (QED) is 0.353.